The van der Waals surface area contributed by atoms with E-state index in [4.69, 9.17) is 0 Å². The summed E-state index contributed by atoms with van der Waals surface area (Å²) in [6.07, 6.45) is 1.69. The number of nitrogens with zero attached hydrogens (tertiary/aromatic N) is 1. The standard InChI is InChI=1S/C19H20F2N2O/c1-13-7-8-17(21)18(10-13)23-9-3-6-16(12-23)22-19(24)14-4-2-5-15(20)11-14/h2,4-5,7-8,10-11,16H,3,6,9,12H2,1H3,(H,22,24). The molecule has 1 saturated heterocycles. The molecule has 3 nitrogen and oxygen atoms in total. The molecule has 2 aromatic carbocycles. The number of benzene rings is 2. The molecular weight excluding hydrogens is 310 g/mol. The Balaban J connectivity index is 1.69. The van der Waals surface area contributed by atoms with E-state index in [1.165, 1.54) is 24.3 Å². The van der Waals surface area contributed by atoms with Crippen LogP contribution in [0.4, 0.5) is 14.5 Å². The Morgan fingerprint density at radius 2 is 2.04 bits per heavy atom. The Morgan fingerprint density at radius 3 is 2.83 bits per heavy atom. The van der Waals surface area contributed by atoms with Gasteiger partial charge < -0.3 is 10.2 Å². The van der Waals surface area contributed by atoms with Crippen LogP contribution < -0.4 is 10.2 Å². The Hall–Kier alpha value is -2.43. The van der Waals surface area contributed by atoms with Crippen LogP contribution in [0.1, 0.15) is 28.8 Å². The predicted molar refractivity (Wildman–Crippen MR) is 90.2 cm³/mol. The molecule has 3 rings (SSSR count). The lowest BCUT2D eigenvalue weighted by Crippen LogP contribution is -2.48. The van der Waals surface area contributed by atoms with Crippen LogP contribution in [0.2, 0.25) is 0 Å². The lowest BCUT2D eigenvalue weighted by Gasteiger charge is -2.35. The maximum atomic E-state index is 14.1. The molecule has 0 aliphatic carbocycles. The van der Waals surface area contributed by atoms with E-state index in [2.05, 4.69) is 5.32 Å². The number of rotatable bonds is 3. The third kappa shape index (κ3) is 3.72. The Bertz CT molecular complexity index is 748. The molecule has 1 aliphatic rings. The van der Waals surface area contributed by atoms with Gasteiger partial charge in [-0.2, -0.15) is 0 Å². The molecule has 1 heterocycles. The van der Waals surface area contributed by atoms with Crippen molar-refractivity contribution in [3.05, 3.63) is 65.2 Å². The van der Waals surface area contributed by atoms with Gasteiger partial charge in [0.25, 0.3) is 5.91 Å². The van der Waals surface area contributed by atoms with E-state index < -0.39 is 5.82 Å². The van der Waals surface area contributed by atoms with Crippen LogP contribution in [-0.4, -0.2) is 25.0 Å². The van der Waals surface area contributed by atoms with Crippen molar-refractivity contribution in [3.63, 3.8) is 0 Å². The highest BCUT2D eigenvalue weighted by atomic mass is 19.1. The first-order valence-corrected chi connectivity index (χ1v) is 8.10. The van der Waals surface area contributed by atoms with E-state index in [0.29, 0.717) is 17.8 Å². The second-order valence-electron chi connectivity index (χ2n) is 6.22. The number of hydrogen-bond donors (Lipinski definition) is 1. The molecule has 24 heavy (non-hydrogen) atoms. The minimum atomic E-state index is -0.435. The number of carbonyl (C=O) groups excluding carboxylic acids is 1. The number of halogens is 2. The molecule has 1 aliphatic heterocycles. The number of hydrogen-bond acceptors (Lipinski definition) is 2. The van der Waals surface area contributed by atoms with Crippen LogP contribution in [0.3, 0.4) is 0 Å². The van der Waals surface area contributed by atoms with E-state index in [0.717, 1.165) is 24.9 Å². The largest absolute Gasteiger partial charge is 0.367 e. The van der Waals surface area contributed by atoms with Crippen molar-refractivity contribution < 1.29 is 13.6 Å². The first kappa shape index (κ1) is 16.4. The summed E-state index contributed by atoms with van der Waals surface area (Å²) in [5.74, 6) is -0.987. The highest BCUT2D eigenvalue weighted by molar-refractivity contribution is 5.94. The van der Waals surface area contributed by atoms with Gasteiger partial charge in [0, 0.05) is 24.7 Å². The highest BCUT2D eigenvalue weighted by Crippen LogP contribution is 2.24. The maximum absolute atomic E-state index is 14.1. The molecule has 5 heteroatoms. The summed E-state index contributed by atoms with van der Waals surface area (Å²) in [6, 6.07) is 10.6. The topological polar surface area (TPSA) is 32.3 Å². The van der Waals surface area contributed by atoms with E-state index in [-0.39, 0.29) is 17.8 Å². The van der Waals surface area contributed by atoms with Gasteiger partial charge >= 0.3 is 0 Å². The third-order valence-corrected chi connectivity index (χ3v) is 4.29. The zero-order valence-electron chi connectivity index (χ0n) is 13.6. The van der Waals surface area contributed by atoms with Gasteiger partial charge in [-0.15, -0.1) is 0 Å². The van der Waals surface area contributed by atoms with E-state index in [9.17, 15) is 13.6 Å². The normalized spacial score (nSPS) is 17.6. The molecule has 1 unspecified atom stereocenters. The van der Waals surface area contributed by atoms with Crippen molar-refractivity contribution in [1.82, 2.24) is 5.32 Å². The van der Waals surface area contributed by atoms with Crippen molar-refractivity contribution >= 4 is 11.6 Å². The molecule has 1 amide bonds. The minimum absolute atomic E-state index is 0.0885. The molecule has 1 N–H and O–H groups in total. The van der Waals surface area contributed by atoms with Crippen LogP contribution in [0.15, 0.2) is 42.5 Å². The Kier molecular flexibility index (Phi) is 4.79. The molecule has 0 radical (unpaired) electrons. The SMILES string of the molecule is Cc1ccc(F)c(N2CCCC(NC(=O)c3cccc(F)c3)C2)c1. The van der Waals surface area contributed by atoms with Crippen LogP contribution in [0.25, 0.3) is 0 Å². The molecule has 2 aromatic rings. The zero-order chi connectivity index (χ0) is 17.1. The summed E-state index contributed by atoms with van der Waals surface area (Å²) in [6.45, 7) is 3.23. The summed E-state index contributed by atoms with van der Waals surface area (Å²) in [5, 5.41) is 2.93. The van der Waals surface area contributed by atoms with Crippen molar-refractivity contribution in [2.75, 3.05) is 18.0 Å². The monoisotopic (exact) mass is 330 g/mol. The summed E-state index contributed by atoms with van der Waals surface area (Å²) < 4.78 is 27.3. The highest BCUT2D eigenvalue weighted by Gasteiger charge is 2.23. The second-order valence-corrected chi connectivity index (χ2v) is 6.22. The average molecular weight is 330 g/mol. The van der Waals surface area contributed by atoms with Crippen molar-refractivity contribution in [2.24, 2.45) is 0 Å². The van der Waals surface area contributed by atoms with Gasteiger partial charge in [0.05, 0.1) is 5.69 Å². The first-order valence-electron chi connectivity index (χ1n) is 8.10. The van der Waals surface area contributed by atoms with Gasteiger partial charge in [0.15, 0.2) is 0 Å². The second kappa shape index (κ2) is 6.99. The Morgan fingerprint density at radius 1 is 1.21 bits per heavy atom. The predicted octanol–water partition coefficient (Wildman–Crippen LogP) is 3.67. The maximum Gasteiger partial charge on any atom is 0.251 e. The smallest absolute Gasteiger partial charge is 0.251 e. The van der Waals surface area contributed by atoms with Crippen molar-refractivity contribution in [3.8, 4) is 0 Å². The summed E-state index contributed by atoms with van der Waals surface area (Å²) in [7, 11) is 0. The molecule has 0 bridgehead atoms. The molecule has 1 atom stereocenters. The van der Waals surface area contributed by atoms with Gasteiger partial charge in [-0.1, -0.05) is 12.1 Å². The van der Waals surface area contributed by atoms with Crippen molar-refractivity contribution in [1.29, 1.82) is 0 Å². The van der Waals surface area contributed by atoms with Crippen molar-refractivity contribution in [2.45, 2.75) is 25.8 Å². The number of aryl methyl sites for hydroxylation is 1. The number of amides is 1. The van der Waals surface area contributed by atoms with Gasteiger partial charge in [-0.25, -0.2) is 8.78 Å². The molecular formula is C19H20F2N2O. The zero-order valence-corrected chi connectivity index (χ0v) is 13.6. The van der Waals surface area contributed by atoms with Gasteiger partial charge in [0.1, 0.15) is 11.6 Å². The molecule has 126 valence electrons. The lowest BCUT2D eigenvalue weighted by molar-refractivity contribution is 0.0932. The molecule has 1 fully saturated rings. The lowest BCUT2D eigenvalue weighted by atomic mass is 10.0. The van der Waals surface area contributed by atoms with Gasteiger partial charge in [-0.3, -0.25) is 4.79 Å². The fraction of sp³-hybridized carbons (Fsp3) is 0.316. The quantitative estimate of drug-likeness (QED) is 0.931. The van der Waals surface area contributed by atoms with Gasteiger partial charge in [-0.05, 0) is 55.7 Å². The average Bonchev–Trinajstić information content (AvgIpc) is 2.57. The number of carbonyl (C=O) groups is 1. The number of piperidine rings is 1. The number of nitrogens with one attached hydrogen (secondary N) is 1. The summed E-state index contributed by atoms with van der Waals surface area (Å²) in [5.41, 5.74) is 1.87. The number of anilines is 1. The molecule has 0 aromatic heterocycles. The Labute approximate surface area is 140 Å². The molecule has 0 saturated carbocycles. The van der Waals surface area contributed by atoms with Crippen LogP contribution in [0.5, 0.6) is 0 Å². The summed E-state index contributed by atoms with van der Waals surface area (Å²) in [4.78, 5) is 14.2. The molecule has 0 spiro atoms. The third-order valence-electron chi connectivity index (χ3n) is 4.29. The van der Waals surface area contributed by atoms with Crippen LogP contribution in [-0.2, 0) is 0 Å². The van der Waals surface area contributed by atoms with Crippen LogP contribution >= 0.6 is 0 Å². The first-order chi connectivity index (χ1) is 11.5. The van der Waals surface area contributed by atoms with E-state index in [1.54, 1.807) is 12.1 Å². The van der Waals surface area contributed by atoms with E-state index >= 15 is 0 Å². The van der Waals surface area contributed by atoms with E-state index in [1.807, 2.05) is 17.9 Å². The van der Waals surface area contributed by atoms with Gasteiger partial charge in [0.2, 0.25) is 0 Å². The van der Waals surface area contributed by atoms with Crippen LogP contribution in [0, 0.1) is 18.6 Å². The minimum Gasteiger partial charge on any atom is -0.367 e. The fourth-order valence-electron chi connectivity index (χ4n) is 3.08. The summed E-state index contributed by atoms with van der Waals surface area (Å²) >= 11 is 0. The fourth-order valence-corrected chi connectivity index (χ4v) is 3.08.